The van der Waals surface area contributed by atoms with Crippen LogP contribution in [0.1, 0.15) is 33.9 Å². The summed E-state index contributed by atoms with van der Waals surface area (Å²) >= 11 is 12.8. The van der Waals surface area contributed by atoms with Gasteiger partial charge in [0.2, 0.25) is 5.95 Å². The Morgan fingerprint density at radius 3 is 2.62 bits per heavy atom. The molecule has 5 N–H and O–H groups in total. The average Bonchev–Trinajstić information content (AvgIpc) is 3.35. The van der Waals surface area contributed by atoms with Crippen molar-refractivity contribution in [3.63, 3.8) is 0 Å². The molecule has 2 atom stereocenters. The van der Waals surface area contributed by atoms with E-state index in [4.69, 9.17) is 23.2 Å². The van der Waals surface area contributed by atoms with E-state index in [1.165, 1.54) is 11.6 Å². The molecule has 12 heteroatoms. The summed E-state index contributed by atoms with van der Waals surface area (Å²) in [5, 5.41) is 21.3. The van der Waals surface area contributed by atoms with Crippen molar-refractivity contribution in [1.29, 1.82) is 0 Å². The highest BCUT2D eigenvalue weighted by molar-refractivity contribution is 6.41. The number of nitrogens with one attached hydrogen (secondary N) is 4. The number of rotatable bonds is 8. The number of halogens is 2. The van der Waals surface area contributed by atoms with Crippen LogP contribution in [0.4, 0.5) is 16.4 Å². The predicted octanol–water partition coefficient (Wildman–Crippen LogP) is 4.85. The molecule has 3 amide bonds. The first-order valence-electron chi connectivity index (χ1n) is 12.4. The molecule has 1 heterocycles. The fourth-order valence-electron chi connectivity index (χ4n) is 4.55. The maximum Gasteiger partial charge on any atom is 0.328 e. The van der Waals surface area contributed by atoms with Gasteiger partial charge in [0.1, 0.15) is 6.04 Å². The van der Waals surface area contributed by atoms with Gasteiger partial charge in [-0.3, -0.25) is 4.79 Å². The molecule has 0 radical (unpaired) electrons. The molecule has 0 fully saturated rings. The van der Waals surface area contributed by atoms with E-state index in [1.807, 2.05) is 48.5 Å². The van der Waals surface area contributed by atoms with Crippen LogP contribution < -0.4 is 21.3 Å². The normalized spacial score (nSPS) is 14.7. The van der Waals surface area contributed by atoms with Crippen molar-refractivity contribution in [2.75, 3.05) is 11.9 Å². The number of aryl methyl sites for hydroxylation is 1. The maximum atomic E-state index is 13.1. The molecule has 1 aliphatic carbocycles. The summed E-state index contributed by atoms with van der Waals surface area (Å²) in [6, 6.07) is 16.1. The summed E-state index contributed by atoms with van der Waals surface area (Å²) in [5.74, 6) is -1.92. The summed E-state index contributed by atoms with van der Waals surface area (Å²) < 4.78 is 0. The Hall–Kier alpha value is -4.41. The van der Waals surface area contributed by atoms with E-state index < -0.39 is 23.9 Å². The number of anilines is 2. The van der Waals surface area contributed by atoms with Gasteiger partial charge >= 0.3 is 12.0 Å². The van der Waals surface area contributed by atoms with Gasteiger partial charge in [-0.15, -0.1) is 0 Å². The van der Waals surface area contributed by atoms with E-state index in [0.29, 0.717) is 11.2 Å². The monoisotopic (exact) mass is 578 g/mol. The van der Waals surface area contributed by atoms with Gasteiger partial charge in [0.25, 0.3) is 5.91 Å². The Balaban J connectivity index is 1.25. The third-order valence-electron chi connectivity index (χ3n) is 6.56. The zero-order chi connectivity index (χ0) is 28.2. The quantitative estimate of drug-likeness (QED) is 0.201. The number of carbonyl (C=O) groups is 3. The van der Waals surface area contributed by atoms with Gasteiger partial charge in [0.05, 0.1) is 39.4 Å². The summed E-state index contributed by atoms with van der Waals surface area (Å²) in [6.45, 7) is -0.362. The highest BCUT2D eigenvalue weighted by atomic mass is 35.5. The van der Waals surface area contributed by atoms with E-state index in [0.717, 1.165) is 23.8 Å². The molecule has 5 rings (SSSR count). The van der Waals surface area contributed by atoms with Crippen LogP contribution in [-0.2, 0) is 11.2 Å². The van der Waals surface area contributed by atoms with Crippen LogP contribution in [0, 0.1) is 0 Å². The number of carbonyl (C=O) groups excluding carboxylic acids is 2. The number of benzene rings is 3. The first kappa shape index (κ1) is 27.2. The Kier molecular flexibility index (Phi) is 7.99. The first-order chi connectivity index (χ1) is 19.3. The van der Waals surface area contributed by atoms with Crippen molar-refractivity contribution < 1.29 is 19.5 Å². The highest BCUT2D eigenvalue weighted by Crippen LogP contribution is 2.33. The van der Waals surface area contributed by atoms with E-state index in [9.17, 15) is 19.5 Å². The van der Waals surface area contributed by atoms with E-state index in [1.54, 1.807) is 12.3 Å². The predicted molar refractivity (Wildman–Crippen MR) is 152 cm³/mol. The lowest BCUT2D eigenvalue weighted by atomic mass is 10.1. The third-order valence-corrected chi connectivity index (χ3v) is 7.27. The number of carboxylic acids is 1. The van der Waals surface area contributed by atoms with Crippen molar-refractivity contribution >= 4 is 63.6 Å². The molecule has 3 aromatic carbocycles. The second-order valence-electron chi connectivity index (χ2n) is 9.17. The number of carboxylic acid groups (broad SMARTS) is 1. The third kappa shape index (κ3) is 5.93. The van der Waals surface area contributed by atoms with E-state index >= 15 is 0 Å². The molecule has 204 valence electrons. The SMILES string of the molecule is O=C(NCC(NC(=O)c1c(Cl)ccc(Nc2ncc3ccccc3n2)c1Cl)C(=O)O)NC1CCc2ccccc21. The summed E-state index contributed by atoms with van der Waals surface area (Å²) in [4.78, 5) is 46.2. The molecular formula is C28H24Cl2N6O4. The molecule has 0 spiro atoms. The maximum absolute atomic E-state index is 13.1. The molecule has 40 heavy (non-hydrogen) atoms. The van der Waals surface area contributed by atoms with Crippen LogP contribution in [0.3, 0.4) is 0 Å². The number of hydrogen-bond acceptors (Lipinski definition) is 6. The Bertz CT molecular complexity index is 1620. The lowest BCUT2D eigenvalue weighted by Crippen LogP contribution is -2.50. The van der Waals surface area contributed by atoms with Crippen LogP contribution in [-0.4, -0.2) is 45.6 Å². The zero-order valence-corrected chi connectivity index (χ0v) is 22.5. The Morgan fingerprint density at radius 1 is 1.02 bits per heavy atom. The fraction of sp³-hybridized carbons (Fsp3) is 0.179. The van der Waals surface area contributed by atoms with Crippen LogP contribution in [0.5, 0.6) is 0 Å². The van der Waals surface area contributed by atoms with Gasteiger partial charge in [-0.1, -0.05) is 65.7 Å². The average molecular weight is 579 g/mol. The van der Waals surface area contributed by atoms with Crippen LogP contribution in [0.25, 0.3) is 10.9 Å². The minimum absolute atomic E-state index is 0.0159. The highest BCUT2D eigenvalue weighted by Gasteiger charge is 2.27. The molecule has 0 saturated carbocycles. The van der Waals surface area contributed by atoms with Crippen LogP contribution in [0.2, 0.25) is 10.0 Å². The van der Waals surface area contributed by atoms with Crippen LogP contribution >= 0.6 is 23.2 Å². The lowest BCUT2D eigenvalue weighted by Gasteiger charge is -2.19. The Labute approximate surface area is 239 Å². The van der Waals surface area contributed by atoms with Crippen LogP contribution in [0.15, 0.2) is 66.9 Å². The standard InChI is InChI=1S/C28H24Cl2N6O4/c29-18-10-12-21(35-27-31-13-16-6-2-4-8-19(16)34-27)24(30)23(18)25(37)33-22(26(38)39)14-32-28(40)36-20-11-9-15-5-1-3-7-17(15)20/h1-8,10,12-13,20,22H,9,11,14H2,(H,33,37)(H,38,39)(H,31,34,35)(H2,32,36,40). The summed E-state index contributed by atoms with van der Waals surface area (Å²) in [7, 11) is 0. The number of amides is 3. The molecular weight excluding hydrogens is 555 g/mol. The smallest absolute Gasteiger partial charge is 0.328 e. The molecule has 0 aliphatic heterocycles. The van der Waals surface area contributed by atoms with Crippen molar-refractivity contribution in [3.8, 4) is 0 Å². The molecule has 1 aromatic heterocycles. The Morgan fingerprint density at radius 2 is 1.80 bits per heavy atom. The molecule has 0 bridgehead atoms. The van der Waals surface area contributed by atoms with Crippen molar-refractivity contribution in [1.82, 2.24) is 25.9 Å². The summed E-state index contributed by atoms with van der Waals surface area (Å²) in [6.07, 6.45) is 3.24. The minimum Gasteiger partial charge on any atom is -0.480 e. The number of hydrogen-bond donors (Lipinski definition) is 5. The number of urea groups is 1. The second-order valence-corrected chi connectivity index (χ2v) is 9.96. The number of para-hydroxylation sites is 1. The molecule has 4 aromatic rings. The molecule has 10 nitrogen and oxygen atoms in total. The molecule has 2 unspecified atom stereocenters. The number of nitrogens with zero attached hydrogens (tertiary/aromatic N) is 2. The minimum atomic E-state index is -1.44. The first-order valence-corrected chi connectivity index (χ1v) is 13.2. The number of aliphatic carboxylic acids is 1. The van der Waals surface area contributed by atoms with Gasteiger partial charge in [-0.05, 0) is 42.2 Å². The topological polar surface area (TPSA) is 145 Å². The number of aromatic nitrogens is 2. The summed E-state index contributed by atoms with van der Waals surface area (Å²) in [5.41, 5.74) is 3.08. The van der Waals surface area contributed by atoms with Gasteiger partial charge in [-0.25, -0.2) is 19.6 Å². The van der Waals surface area contributed by atoms with Crippen molar-refractivity contribution in [2.45, 2.75) is 24.9 Å². The van der Waals surface area contributed by atoms with Gasteiger partial charge in [-0.2, -0.15) is 0 Å². The van der Waals surface area contributed by atoms with Gasteiger partial charge in [0, 0.05) is 11.6 Å². The number of fused-ring (bicyclic) bond motifs is 2. The molecule has 0 saturated heterocycles. The van der Waals surface area contributed by atoms with Gasteiger partial charge in [0.15, 0.2) is 0 Å². The van der Waals surface area contributed by atoms with Gasteiger partial charge < -0.3 is 26.4 Å². The molecule has 1 aliphatic rings. The van der Waals surface area contributed by atoms with Crippen molar-refractivity contribution in [2.24, 2.45) is 0 Å². The zero-order valence-electron chi connectivity index (χ0n) is 20.9. The fourth-order valence-corrected chi connectivity index (χ4v) is 5.14. The van der Waals surface area contributed by atoms with E-state index in [2.05, 4.69) is 31.2 Å². The second kappa shape index (κ2) is 11.8. The largest absolute Gasteiger partial charge is 0.480 e. The van der Waals surface area contributed by atoms with E-state index in [-0.39, 0.29) is 34.1 Å². The van der Waals surface area contributed by atoms with Crippen molar-refractivity contribution in [3.05, 3.63) is 93.6 Å². The lowest BCUT2D eigenvalue weighted by molar-refractivity contribution is -0.139.